The summed E-state index contributed by atoms with van der Waals surface area (Å²) in [7, 11) is -1.63. The van der Waals surface area contributed by atoms with Gasteiger partial charge >= 0.3 is 0 Å². The summed E-state index contributed by atoms with van der Waals surface area (Å²) >= 11 is 0. The lowest BCUT2D eigenvalue weighted by Crippen LogP contribution is -2.46. The summed E-state index contributed by atoms with van der Waals surface area (Å²) in [6.45, 7) is 4.78. The van der Waals surface area contributed by atoms with E-state index in [4.69, 9.17) is 10.00 Å². The lowest BCUT2D eigenvalue weighted by Gasteiger charge is -2.30. The number of aromatic nitrogens is 1. The molecule has 10 heteroatoms. The SMILES string of the molecule is C=C(C#N)CNc1c(OC)ccc2ccc(-c3cccc(C(=O)NC4CCN(S(C)(=O)=O)CC4)n3)cc12. The molecule has 1 amide bonds. The summed E-state index contributed by atoms with van der Waals surface area (Å²) in [6, 6.07) is 16.9. The average Bonchev–Trinajstić information content (AvgIpc) is 2.90. The van der Waals surface area contributed by atoms with Crippen LogP contribution in [0.25, 0.3) is 22.0 Å². The molecule has 2 heterocycles. The number of nitrogens with zero attached hydrogens (tertiary/aromatic N) is 3. The number of hydrogen-bond acceptors (Lipinski definition) is 7. The number of methoxy groups -OCH3 is 1. The smallest absolute Gasteiger partial charge is 0.270 e. The summed E-state index contributed by atoms with van der Waals surface area (Å²) in [5, 5.41) is 17.2. The second-order valence-corrected chi connectivity index (χ2v) is 10.9. The molecule has 9 nitrogen and oxygen atoms in total. The molecule has 3 aromatic rings. The van der Waals surface area contributed by atoms with Gasteiger partial charge in [0.15, 0.2) is 0 Å². The highest BCUT2D eigenvalue weighted by atomic mass is 32.2. The third-order valence-corrected chi connectivity index (χ3v) is 7.68. The van der Waals surface area contributed by atoms with Gasteiger partial charge < -0.3 is 15.4 Å². The Kier molecular flexibility index (Phi) is 7.76. The Morgan fingerprint density at radius 2 is 1.95 bits per heavy atom. The van der Waals surface area contributed by atoms with Crippen molar-refractivity contribution in [3.8, 4) is 23.1 Å². The Morgan fingerprint density at radius 3 is 2.62 bits per heavy atom. The molecule has 192 valence electrons. The van der Waals surface area contributed by atoms with E-state index in [0.717, 1.165) is 22.0 Å². The van der Waals surface area contributed by atoms with Gasteiger partial charge in [0.05, 0.1) is 30.8 Å². The van der Waals surface area contributed by atoms with Crippen LogP contribution in [0.4, 0.5) is 5.69 Å². The van der Waals surface area contributed by atoms with Crippen LogP contribution in [0.3, 0.4) is 0 Å². The number of pyridine rings is 1. The first-order chi connectivity index (χ1) is 17.7. The molecule has 0 aliphatic carbocycles. The zero-order valence-corrected chi connectivity index (χ0v) is 21.6. The standard InChI is InChI=1S/C27H29N5O4S/c1-18(16-28)17-29-26-22-15-20(8-7-19(22)9-10-25(26)36-2)23-5-4-6-24(31-23)27(33)30-21-11-13-32(14-12-21)37(3,34)35/h4-10,15,21,29H,1,11-14,17H2,2-3H3,(H,30,33). The maximum Gasteiger partial charge on any atom is 0.270 e. The predicted molar refractivity (Wildman–Crippen MR) is 144 cm³/mol. The van der Waals surface area contributed by atoms with Crippen LogP contribution >= 0.6 is 0 Å². The van der Waals surface area contributed by atoms with Crippen molar-refractivity contribution < 1.29 is 17.9 Å². The van der Waals surface area contributed by atoms with Gasteiger partial charge in [-0.15, -0.1) is 0 Å². The normalized spacial score (nSPS) is 14.6. The van der Waals surface area contributed by atoms with Crippen molar-refractivity contribution in [2.24, 2.45) is 0 Å². The van der Waals surface area contributed by atoms with E-state index in [-0.39, 0.29) is 24.2 Å². The topological polar surface area (TPSA) is 124 Å². The fourth-order valence-corrected chi connectivity index (χ4v) is 5.23. The van der Waals surface area contributed by atoms with Gasteiger partial charge in [0.1, 0.15) is 11.4 Å². The van der Waals surface area contributed by atoms with Gasteiger partial charge in [0, 0.05) is 42.2 Å². The first-order valence-electron chi connectivity index (χ1n) is 11.9. The van der Waals surface area contributed by atoms with Crippen LogP contribution in [-0.4, -0.2) is 62.7 Å². The van der Waals surface area contributed by atoms with Crippen molar-refractivity contribution >= 4 is 32.4 Å². The molecular formula is C27H29N5O4S. The zero-order valence-electron chi connectivity index (χ0n) is 20.8. The quantitative estimate of drug-likeness (QED) is 0.436. The van der Waals surface area contributed by atoms with E-state index in [9.17, 15) is 13.2 Å². The fourth-order valence-electron chi connectivity index (χ4n) is 4.36. The number of anilines is 1. The molecule has 2 aromatic carbocycles. The lowest BCUT2D eigenvalue weighted by atomic mass is 10.0. The summed E-state index contributed by atoms with van der Waals surface area (Å²) in [5.41, 5.74) is 2.89. The summed E-state index contributed by atoms with van der Waals surface area (Å²) in [5.74, 6) is 0.345. The Balaban J connectivity index is 1.56. The minimum Gasteiger partial charge on any atom is -0.495 e. The van der Waals surface area contributed by atoms with Gasteiger partial charge in [-0.2, -0.15) is 5.26 Å². The largest absolute Gasteiger partial charge is 0.495 e. The minimum atomic E-state index is -3.22. The fraction of sp³-hybridized carbons (Fsp3) is 0.296. The van der Waals surface area contributed by atoms with E-state index < -0.39 is 10.0 Å². The molecule has 1 aromatic heterocycles. The summed E-state index contributed by atoms with van der Waals surface area (Å²) < 4.78 is 30.4. The molecule has 37 heavy (non-hydrogen) atoms. The highest BCUT2D eigenvalue weighted by molar-refractivity contribution is 7.88. The minimum absolute atomic E-state index is 0.110. The van der Waals surface area contributed by atoms with E-state index in [2.05, 4.69) is 22.2 Å². The molecule has 0 atom stereocenters. The number of ether oxygens (including phenoxy) is 1. The number of hydrogen-bond donors (Lipinski definition) is 2. The van der Waals surface area contributed by atoms with E-state index in [1.807, 2.05) is 42.5 Å². The molecule has 1 aliphatic rings. The van der Waals surface area contributed by atoms with E-state index in [1.54, 1.807) is 19.2 Å². The number of carbonyl (C=O) groups is 1. The van der Waals surface area contributed by atoms with Gasteiger partial charge in [0.25, 0.3) is 5.91 Å². The molecule has 0 unspecified atom stereocenters. The van der Waals surface area contributed by atoms with Crippen LogP contribution in [0.2, 0.25) is 0 Å². The number of fused-ring (bicyclic) bond motifs is 1. The summed E-state index contributed by atoms with van der Waals surface area (Å²) in [4.78, 5) is 17.5. The molecule has 0 spiro atoms. The Labute approximate surface area is 216 Å². The molecule has 2 N–H and O–H groups in total. The summed E-state index contributed by atoms with van der Waals surface area (Å²) in [6.07, 6.45) is 2.31. The molecule has 1 aliphatic heterocycles. The van der Waals surface area contributed by atoms with Crippen LogP contribution < -0.4 is 15.4 Å². The van der Waals surface area contributed by atoms with Crippen molar-refractivity contribution in [3.05, 3.63) is 66.4 Å². The van der Waals surface area contributed by atoms with Crippen molar-refractivity contribution in [2.75, 3.05) is 38.3 Å². The highest BCUT2D eigenvalue weighted by Gasteiger charge is 2.26. The van der Waals surface area contributed by atoms with Gasteiger partial charge in [-0.1, -0.05) is 30.8 Å². The Hall–Kier alpha value is -3.94. The molecule has 4 rings (SSSR count). The number of piperidine rings is 1. The van der Waals surface area contributed by atoms with Gasteiger partial charge in [-0.05, 0) is 42.5 Å². The second kappa shape index (κ2) is 11.0. The number of carbonyl (C=O) groups excluding carboxylic acids is 1. The molecule has 1 saturated heterocycles. The second-order valence-electron chi connectivity index (χ2n) is 8.97. The number of amides is 1. The maximum atomic E-state index is 12.9. The molecule has 0 radical (unpaired) electrons. The van der Waals surface area contributed by atoms with Crippen molar-refractivity contribution in [3.63, 3.8) is 0 Å². The van der Waals surface area contributed by atoms with E-state index >= 15 is 0 Å². The van der Waals surface area contributed by atoms with Crippen LogP contribution in [0, 0.1) is 11.3 Å². The number of nitriles is 1. The number of nitrogens with one attached hydrogen (secondary N) is 2. The Bertz CT molecular complexity index is 1490. The van der Waals surface area contributed by atoms with Crippen molar-refractivity contribution in [1.82, 2.24) is 14.6 Å². The van der Waals surface area contributed by atoms with Gasteiger partial charge in [-0.3, -0.25) is 4.79 Å². The number of sulfonamides is 1. The van der Waals surface area contributed by atoms with Crippen LogP contribution in [0.15, 0.2) is 60.7 Å². The van der Waals surface area contributed by atoms with Gasteiger partial charge in [0.2, 0.25) is 10.0 Å². The highest BCUT2D eigenvalue weighted by Crippen LogP contribution is 2.35. The number of rotatable bonds is 8. The molecule has 0 bridgehead atoms. The van der Waals surface area contributed by atoms with Crippen LogP contribution in [-0.2, 0) is 10.0 Å². The third-order valence-electron chi connectivity index (χ3n) is 6.38. The first-order valence-corrected chi connectivity index (χ1v) is 13.7. The maximum absolute atomic E-state index is 12.9. The number of benzene rings is 2. The monoisotopic (exact) mass is 519 g/mol. The first kappa shape index (κ1) is 26.1. The molecule has 1 fully saturated rings. The molecular weight excluding hydrogens is 490 g/mol. The molecule has 0 saturated carbocycles. The van der Waals surface area contributed by atoms with Gasteiger partial charge in [-0.25, -0.2) is 17.7 Å². The third kappa shape index (κ3) is 6.07. The van der Waals surface area contributed by atoms with E-state index in [0.29, 0.717) is 42.9 Å². The van der Waals surface area contributed by atoms with Crippen LogP contribution in [0.5, 0.6) is 5.75 Å². The van der Waals surface area contributed by atoms with E-state index in [1.165, 1.54) is 10.6 Å². The van der Waals surface area contributed by atoms with Crippen molar-refractivity contribution in [2.45, 2.75) is 18.9 Å². The lowest BCUT2D eigenvalue weighted by molar-refractivity contribution is 0.0919. The Morgan fingerprint density at radius 1 is 1.22 bits per heavy atom. The predicted octanol–water partition coefficient (Wildman–Crippen LogP) is 3.56. The zero-order chi connectivity index (χ0) is 26.6. The average molecular weight is 520 g/mol. The van der Waals surface area contributed by atoms with Crippen LogP contribution in [0.1, 0.15) is 23.3 Å². The van der Waals surface area contributed by atoms with Crippen molar-refractivity contribution in [1.29, 1.82) is 5.26 Å².